The summed E-state index contributed by atoms with van der Waals surface area (Å²) in [6.07, 6.45) is -0.388. The van der Waals surface area contributed by atoms with E-state index in [9.17, 15) is 14.4 Å². The first kappa shape index (κ1) is 25.2. The third kappa shape index (κ3) is 7.89. The predicted octanol–water partition coefficient (Wildman–Crippen LogP) is 3.38. The Morgan fingerprint density at radius 2 is 1.62 bits per heavy atom. The van der Waals surface area contributed by atoms with Crippen molar-refractivity contribution in [2.75, 3.05) is 0 Å². The second-order valence-electron chi connectivity index (χ2n) is 8.88. The summed E-state index contributed by atoms with van der Waals surface area (Å²) in [5, 5.41) is 5.84. The number of carbonyl (C=O) groups excluding carboxylic acids is 3. The molecule has 0 bridgehead atoms. The number of rotatable bonds is 8. The van der Waals surface area contributed by atoms with Crippen molar-refractivity contribution in [3.05, 3.63) is 70.7 Å². The minimum absolute atomic E-state index is 0.138. The van der Waals surface area contributed by atoms with Crippen LogP contribution in [-0.2, 0) is 27.2 Å². The Balaban J connectivity index is 2.24. The molecule has 0 heterocycles. The van der Waals surface area contributed by atoms with Crippen molar-refractivity contribution in [3.8, 4) is 0 Å². The van der Waals surface area contributed by atoms with Crippen molar-refractivity contribution in [1.82, 2.24) is 10.6 Å². The molecule has 4 N–H and O–H groups in total. The van der Waals surface area contributed by atoms with Gasteiger partial charge in [0.05, 0.1) is 0 Å². The number of primary amides is 1. The first-order valence-electron chi connectivity index (χ1n) is 10.3. The van der Waals surface area contributed by atoms with Crippen LogP contribution in [0.25, 0.3) is 0 Å². The van der Waals surface area contributed by atoms with Gasteiger partial charge in [0.1, 0.15) is 17.2 Å². The molecule has 0 saturated carbocycles. The highest BCUT2D eigenvalue weighted by atomic mass is 35.5. The van der Waals surface area contributed by atoms with Gasteiger partial charge in [0.25, 0.3) is 0 Å². The standard InChI is InChI=1S/C24H30ClN3O4/c1-23(2,3)32-22(31)27-19(14-16-9-6-5-7-10-16)20(29)28-24(4,21(26)30)15-17-11-8-12-18(25)13-17/h5-13,19H,14-15H2,1-4H3,(H2,26,30)(H,27,31)(H,28,29)/t19-,24?/m0/s1. The van der Waals surface area contributed by atoms with Crippen molar-refractivity contribution in [3.63, 3.8) is 0 Å². The van der Waals surface area contributed by atoms with Gasteiger partial charge in [-0.2, -0.15) is 0 Å². The third-order valence-electron chi connectivity index (χ3n) is 4.68. The number of nitrogens with two attached hydrogens (primary N) is 1. The second-order valence-corrected chi connectivity index (χ2v) is 9.32. The fourth-order valence-electron chi connectivity index (χ4n) is 3.12. The van der Waals surface area contributed by atoms with Crippen LogP contribution in [0.4, 0.5) is 4.79 Å². The van der Waals surface area contributed by atoms with Crippen LogP contribution in [-0.4, -0.2) is 35.1 Å². The fourth-order valence-corrected chi connectivity index (χ4v) is 3.33. The summed E-state index contributed by atoms with van der Waals surface area (Å²) in [4.78, 5) is 37.9. The van der Waals surface area contributed by atoms with Crippen LogP contribution in [0.2, 0.25) is 5.02 Å². The molecule has 0 saturated heterocycles. The monoisotopic (exact) mass is 459 g/mol. The number of ether oxygens (including phenoxy) is 1. The summed E-state index contributed by atoms with van der Waals surface area (Å²) in [7, 11) is 0. The lowest BCUT2D eigenvalue weighted by molar-refractivity contribution is -0.132. The number of amides is 3. The smallest absolute Gasteiger partial charge is 0.408 e. The largest absolute Gasteiger partial charge is 0.444 e. The molecule has 32 heavy (non-hydrogen) atoms. The number of halogens is 1. The first-order valence-corrected chi connectivity index (χ1v) is 10.7. The number of benzene rings is 2. The molecule has 3 amide bonds. The molecule has 0 aliphatic carbocycles. The van der Waals surface area contributed by atoms with Gasteiger partial charge in [0.15, 0.2) is 0 Å². The fraction of sp³-hybridized carbons (Fsp3) is 0.375. The second kappa shape index (κ2) is 10.5. The summed E-state index contributed by atoms with van der Waals surface area (Å²) in [6, 6.07) is 15.2. The SMILES string of the molecule is CC(C)(C)OC(=O)N[C@@H](Cc1ccccc1)C(=O)NC(C)(Cc1cccc(Cl)c1)C(N)=O. The molecule has 1 unspecified atom stereocenters. The minimum Gasteiger partial charge on any atom is -0.444 e. The molecule has 2 atom stereocenters. The van der Waals surface area contributed by atoms with E-state index in [0.29, 0.717) is 5.02 Å². The lowest BCUT2D eigenvalue weighted by Gasteiger charge is -2.30. The Kier molecular flexibility index (Phi) is 8.27. The molecule has 7 nitrogen and oxygen atoms in total. The van der Waals surface area contributed by atoms with Gasteiger partial charge in [-0.25, -0.2) is 4.79 Å². The van der Waals surface area contributed by atoms with Crippen molar-refractivity contribution < 1.29 is 19.1 Å². The molecular weight excluding hydrogens is 430 g/mol. The van der Waals surface area contributed by atoms with E-state index >= 15 is 0 Å². The molecule has 8 heteroatoms. The van der Waals surface area contributed by atoms with E-state index in [2.05, 4.69) is 10.6 Å². The van der Waals surface area contributed by atoms with Crippen molar-refractivity contribution in [1.29, 1.82) is 0 Å². The molecule has 2 rings (SSSR count). The van der Waals surface area contributed by atoms with Gasteiger partial charge in [-0.1, -0.05) is 54.1 Å². The highest BCUT2D eigenvalue weighted by molar-refractivity contribution is 6.30. The van der Waals surface area contributed by atoms with Crippen molar-refractivity contribution in [2.24, 2.45) is 5.73 Å². The number of hydrogen-bond donors (Lipinski definition) is 3. The van der Waals surface area contributed by atoms with Crippen molar-refractivity contribution in [2.45, 2.75) is 57.7 Å². The highest BCUT2D eigenvalue weighted by Gasteiger charge is 2.36. The maximum absolute atomic E-state index is 13.2. The lowest BCUT2D eigenvalue weighted by Crippen LogP contribution is -2.61. The normalized spacial score (nSPS) is 14.0. The van der Waals surface area contributed by atoms with E-state index in [4.69, 9.17) is 22.1 Å². The van der Waals surface area contributed by atoms with Crippen LogP contribution >= 0.6 is 11.6 Å². The number of hydrogen-bond acceptors (Lipinski definition) is 4. The zero-order chi connectivity index (χ0) is 23.9. The summed E-state index contributed by atoms with van der Waals surface area (Å²) >= 11 is 6.04. The van der Waals surface area contributed by atoms with Crippen LogP contribution in [0.15, 0.2) is 54.6 Å². The summed E-state index contributed by atoms with van der Waals surface area (Å²) in [5.41, 5.74) is 5.08. The number of carbonyl (C=O) groups is 3. The average molecular weight is 460 g/mol. The Morgan fingerprint density at radius 1 is 1.00 bits per heavy atom. The van der Waals surface area contributed by atoms with Gasteiger partial charge in [0.2, 0.25) is 11.8 Å². The zero-order valence-electron chi connectivity index (χ0n) is 18.8. The van der Waals surface area contributed by atoms with Crippen LogP contribution < -0.4 is 16.4 Å². The molecule has 0 radical (unpaired) electrons. The van der Waals surface area contributed by atoms with E-state index < -0.39 is 35.1 Å². The predicted molar refractivity (Wildman–Crippen MR) is 124 cm³/mol. The van der Waals surface area contributed by atoms with E-state index in [1.165, 1.54) is 0 Å². The van der Waals surface area contributed by atoms with Gasteiger partial charge in [0, 0.05) is 17.9 Å². The topological polar surface area (TPSA) is 111 Å². The lowest BCUT2D eigenvalue weighted by atomic mass is 9.91. The summed E-state index contributed by atoms with van der Waals surface area (Å²) in [5.74, 6) is -1.26. The van der Waals surface area contributed by atoms with Crippen LogP contribution in [0.3, 0.4) is 0 Å². The molecule has 172 valence electrons. The van der Waals surface area contributed by atoms with E-state index in [0.717, 1.165) is 11.1 Å². The molecule has 0 spiro atoms. The average Bonchev–Trinajstić information content (AvgIpc) is 2.66. The first-order chi connectivity index (χ1) is 14.9. The number of alkyl carbamates (subject to hydrolysis) is 1. The molecule has 2 aromatic rings. The maximum Gasteiger partial charge on any atom is 0.408 e. The van der Waals surface area contributed by atoms with Crippen LogP contribution in [0, 0.1) is 0 Å². The Labute approximate surface area is 193 Å². The van der Waals surface area contributed by atoms with Crippen LogP contribution in [0.5, 0.6) is 0 Å². The molecule has 0 aromatic heterocycles. The quantitative estimate of drug-likeness (QED) is 0.561. The van der Waals surface area contributed by atoms with Gasteiger partial charge >= 0.3 is 6.09 Å². The van der Waals surface area contributed by atoms with Crippen LogP contribution in [0.1, 0.15) is 38.8 Å². The molecule has 0 aliphatic heterocycles. The van der Waals surface area contributed by atoms with E-state index in [1.54, 1.807) is 52.0 Å². The van der Waals surface area contributed by atoms with E-state index in [-0.39, 0.29) is 12.8 Å². The van der Waals surface area contributed by atoms with Gasteiger partial charge in [-0.15, -0.1) is 0 Å². The Morgan fingerprint density at radius 3 is 2.19 bits per heavy atom. The molecule has 0 fully saturated rings. The molecule has 0 aliphatic rings. The number of nitrogens with one attached hydrogen (secondary N) is 2. The van der Waals surface area contributed by atoms with Gasteiger partial charge < -0.3 is 21.1 Å². The summed E-state index contributed by atoms with van der Waals surface area (Å²) in [6.45, 7) is 6.73. The maximum atomic E-state index is 13.2. The Bertz CT molecular complexity index is 959. The third-order valence-corrected chi connectivity index (χ3v) is 4.91. The Hall–Kier alpha value is -3.06. The molecule has 2 aromatic carbocycles. The minimum atomic E-state index is -1.40. The highest BCUT2D eigenvalue weighted by Crippen LogP contribution is 2.18. The summed E-state index contributed by atoms with van der Waals surface area (Å²) < 4.78 is 5.31. The zero-order valence-corrected chi connectivity index (χ0v) is 19.5. The van der Waals surface area contributed by atoms with Gasteiger partial charge in [-0.3, -0.25) is 9.59 Å². The molecular formula is C24H30ClN3O4. The van der Waals surface area contributed by atoms with E-state index in [1.807, 2.05) is 30.3 Å². The van der Waals surface area contributed by atoms with Gasteiger partial charge in [-0.05, 0) is 51.0 Å². The van der Waals surface area contributed by atoms with Crippen molar-refractivity contribution >= 4 is 29.5 Å².